The van der Waals surface area contributed by atoms with Crippen molar-refractivity contribution in [3.05, 3.63) is 22.9 Å². The Morgan fingerprint density at radius 3 is 3.19 bits per heavy atom. The van der Waals surface area contributed by atoms with E-state index in [1.807, 2.05) is 19.4 Å². The Balaban J connectivity index is 2.19. The van der Waals surface area contributed by atoms with E-state index in [1.54, 1.807) is 0 Å². The second kappa shape index (κ2) is 5.64. The van der Waals surface area contributed by atoms with Gasteiger partial charge in [0.05, 0.1) is 10.2 Å². The van der Waals surface area contributed by atoms with Crippen LogP contribution in [0.4, 0.5) is 5.69 Å². The van der Waals surface area contributed by atoms with Crippen molar-refractivity contribution >= 4 is 21.6 Å². The molecule has 1 aromatic heterocycles. The van der Waals surface area contributed by atoms with E-state index in [1.165, 1.54) is 24.9 Å². The van der Waals surface area contributed by atoms with Gasteiger partial charge in [-0.15, -0.1) is 0 Å². The quantitative estimate of drug-likeness (QED) is 0.924. The minimum Gasteiger partial charge on any atom is -0.366 e. The Hall–Kier alpha value is -0.610. The number of rotatable bonds is 3. The molecule has 1 N–H and O–H groups in total. The molecular weight excluding hydrogens is 266 g/mol. The number of nitrogens with zero attached hydrogens (tertiary/aromatic N) is 2. The lowest BCUT2D eigenvalue weighted by atomic mass is 10.0. The summed E-state index contributed by atoms with van der Waals surface area (Å²) in [5.74, 6) is 0. The molecule has 0 radical (unpaired) electrons. The summed E-state index contributed by atoms with van der Waals surface area (Å²) in [5.41, 5.74) is 1.27. The first kappa shape index (κ1) is 11.9. The van der Waals surface area contributed by atoms with Gasteiger partial charge < -0.3 is 10.2 Å². The molecule has 2 rings (SSSR count). The fraction of sp³-hybridized carbons (Fsp3) is 0.583. The average Bonchev–Trinajstić information content (AvgIpc) is 2.31. The lowest BCUT2D eigenvalue weighted by molar-refractivity contribution is 0.446. The van der Waals surface area contributed by atoms with E-state index < -0.39 is 0 Å². The van der Waals surface area contributed by atoms with Crippen LogP contribution in [0.1, 0.15) is 19.3 Å². The predicted molar refractivity (Wildman–Crippen MR) is 70.8 cm³/mol. The normalized spacial score (nSPS) is 21.1. The predicted octanol–water partition coefficient (Wildman–Crippen LogP) is 2.42. The van der Waals surface area contributed by atoms with E-state index in [9.17, 15) is 0 Å². The van der Waals surface area contributed by atoms with Gasteiger partial charge in [0.1, 0.15) is 0 Å². The van der Waals surface area contributed by atoms with Crippen molar-refractivity contribution in [1.82, 2.24) is 10.3 Å². The maximum atomic E-state index is 4.12. The van der Waals surface area contributed by atoms with Crippen molar-refractivity contribution in [2.24, 2.45) is 0 Å². The lowest BCUT2D eigenvalue weighted by Crippen LogP contribution is -2.45. The Morgan fingerprint density at radius 2 is 2.44 bits per heavy atom. The standard InChI is InChI=1S/C12H18BrN3/c1-14-8-10-4-2-3-7-16(10)12-5-6-15-9-11(12)13/h5-6,9-10,14H,2-4,7-8H2,1H3. The van der Waals surface area contributed by atoms with Crippen molar-refractivity contribution in [2.45, 2.75) is 25.3 Å². The van der Waals surface area contributed by atoms with Crippen LogP contribution >= 0.6 is 15.9 Å². The van der Waals surface area contributed by atoms with Crippen LogP contribution in [0.15, 0.2) is 22.9 Å². The van der Waals surface area contributed by atoms with Crippen LogP contribution in [0.2, 0.25) is 0 Å². The molecule has 1 atom stereocenters. The van der Waals surface area contributed by atoms with Crippen molar-refractivity contribution in [3.8, 4) is 0 Å². The van der Waals surface area contributed by atoms with Crippen LogP contribution < -0.4 is 10.2 Å². The maximum absolute atomic E-state index is 4.12. The topological polar surface area (TPSA) is 28.2 Å². The van der Waals surface area contributed by atoms with Crippen LogP contribution in [0.5, 0.6) is 0 Å². The zero-order valence-electron chi connectivity index (χ0n) is 9.62. The van der Waals surface area contributed by atoms with Crippen molar-refractivity contribution in [3.63, 3.8) is 0 Å². The molecule has 1 aromatic rings. The molecule has 4 heteroatoms. The molecule has 1 unspecified atom stereocenters. The van der Waals surface area contributed by atoms with Gasteiger partial charge in [-0.2, -0.15) is 0 Å². The lowest BCUT2D eigenvalue weighted by Gasteiger charge is -2.38. The number of aromatic nitrogens is 1. The molecule has 0 bridgehead atoms. The largest absolute Gasteiger partial charge is 0.366 e. The summed E-state index contributed by atoms with van der Waals surface area (Å²) in [6.07, 6.45) is 7.64. The highest BCUT2D eigenvalue weighted by Crippen LogP contribution is 2.30. The molecule has 16 heavy (non-hydrogen) atoms. The van der Waals surface area contributed by atoms with Crippen LogP contribution in [0.25, 0.3) is 0 Å². The maximum Gasteiger partial charge on any atom is 0.0592 e. The molecule has 0 amide bonds. The number of hydrogen-bond acceptors (Lipinski definition) is 3. The van der Waals surface area contributed by atoms with E-state index in [-0.39, 0.29) is 0 Å². The highest BCUT2D eigenvalue weighted by molar-refractivity contribution is 9.10. The summed E-state index contributed by atoms with van der Waals surface area (Å²) in [7, 11) is 2.02. The third-order valence-electron chi connectivity index (χ3n) is 3.13. The van der Waals surface area contributed by atoms with Crippen LogP contribution in [0, 0.1) is 0 Å². The van der Waals surface area contributed by atoms with Gasteiger partial charge in [0.15, 0.2) is 0 Å². The molecule has 0 saturated carbocycles. The Bertz CT molecular complexity index is 341. The monoisotopic (exact) mass is 283 g/mol. The second-order valence-electron chi connectivity index (χ2n) is 4.23. The number of halogens is 1. The van der Waals surface area contributed by atoms with Gasteiger partial charge in [-0.1, -0.05) is 0 Å². The molecule has 88 valence electrons. The van der Waals surface area contributed by atoms with Gasteiger partial charge in [0, 0.05) is 31.5 Å². The highest BCUT2D eigenvalue weighted by atomic mass is 79.9. The molecular formula is C12H18BrN3. The fourth-order valence-corrected chi connectivity index (χ4v) is 2.84. The Kier molecular flexibility index (Phi) is 4.18. The van der Waals surface area contributed by atoms with E-state index in [0.717, 1.165) is 17.6 Å². The molecule has 2 heterocycles. The van der Waals surface area contributed by atoms with E-state index in [4.69, 9.17) is 0 Å². The zero-order chi connectivity index (χ0) is 11.4. The molecule has 0 aromatic carbocycles. The molecule has 0 spiro atoms. The summed E-state index contributed by atoms with van der Waals surface area (Å²) >= 11 is 3.59. The molecule has 1 aliphatic heterocycles. The van der Waals surface area contributed by atoms with Gasteiger partial charge in [0.25, 0.3) is 0 Å². The third-order valence-corrected chi connectivity index (χ3v) is 3.74. The number of nitrogens with one attached hydrogen (secondary N) is 1. The molecule has 1 saturated heterocycles. The first-order chi connectivity index (χ1) is 7.83. The van der Waals surface area contributed by atoms with Crippen LogP contribution in [0.3, 0.4) is 0 Å². The van der Waals surface area contributed by atoms with E-state index in [2.05, 4.69) is 37.2 Å². The summed E-state index contributed by atoms with van der Waals surface area (Å²) in [5, 5.41) is 3.28. The zero-order valence-corrected chi connectivity index (χ0v) is 11.2. The van der Waals surface area contributed by atoms with Crippen molar-refractivity contribution in [2.75, 3.05) is 25.0 Å². The fourth-order valence-electron chi connectivity index (χ4n) is 2.37. The van der Waals surface area contributed by atoms with Crippen LogP contribution in [-0.2, 0) is 0 Å². The minimum atomic E-state index is 0.609. The van der Waals surface area contributed by atoms with Gasteiger partial charge in [-0.25, -0.2) is 0 Å². The van der Waals surface area contributed by atoms with Gasteiger partial charge in [-0.05, 0) is 48.3 Å². The summed E-state index contributed by atoms with van der Waals surface area (Å²) in [4.78, 5) is 6.61. The molecule has 0 aliphatic carbocycles. The molecule has 1 fully saturated rings. The first-order valence-electron chi connectivity index (χ1n) is 5.83. The van der Waals surface area contributed by atoms with E-state index >= 15 is 0 Å². The first-order valence-corrected chi connectivity index (χ1v) is 6.63. The summed E-state index contributed by atoms with van der Waals surface area (Å²) in [6, 6.07) is 2.70. The Morgan fingerprint density at radius 1 is 1.56 bits per heavy atom. The van der Waals surface area contributed by atoms with Crippen molar-refractivity contribution < 1.29 is 0 Å². The minimum absolute atomic E-state index is 0.609. The number of likely N-dealkylation sites (N-methyl/N-ethyl adjacent to an activating group) is 1. The van der Waals surface area contributed by atoms with Crippen LogP contribution in [-0.4, -0.2) is 31.2 Å². The SMILES string of the molecule is CNCC1CCCCN1c1ccncc1Br. The summed E-state index contributed by atoms with van der Waals surface area (Å²) in [6.45, 7) is 2.20. The third kappa shape index (κ3) is 2.55. The van der Waals surface area contributed by atoms with Gasteiger partial charge >= 0.3 is 0 Å². The number of pyridine rings is 1. The van der Waals surface area contributed by atoms with E-state index in [0.29, 0.717) is 6.04 Å². The highest BCUT2D eigenvalue weighted by Gasteiger charge is 2.23. The second-order valence-corrected chi connectivity index (χ2v) is 5.08. The number of hydrogen-bond donors (Lipinski definition) is 1. The average molecular weight is 284 g/mol. The summed E-state index contributed by atoms with van der Waals surface area (Å²) < 4.78 is 1.10. The smallest absolute Gasteiger partial charge is 0.0592 e. The molecule has 1 aliphatic rings. The van der Waals surface area contributed by atoms with Crippen molar-refractivity contribution in [1.29, 1.82) is 0 Å². The molecule has 3 nitrogen and oxygen atoms in total. The number of piperidine rings is 1. The Labute approximate surface area is 105 Å². The number of anilines is 1. The van der Waals surface area contributed by atoms with Gasteiger partial charge in [0.2, 0.25) is 0 Å². The van der Waals surface area contributed by atoms with Gasteiger partial charge in [-0.3, -0.25) is 4.98 Å².